The van der Waals surface area contributed by atoms with Gasteiger partial charge in [0.25, 0.3) is 0 Å². The molecule has 0 aromatic rings. The van der Waals surface area contributed by atoms with Crippen molar-refractivity contribution in [2.24, 2.45) is 16.7 Å². The topological polar surface area (TPSA) is 55.4 Å². The van der Waals surface area contributed by atoms with Gasteiger partial charge >= 0.3 is 5.97 Å². The summed E-state index contributed by atoms with van der Waals surface area (Å²) in [5.74, 6) is -0.153. The van der Waals surface area contributed by atoms with Crippen LogP contribution in [0.5, 0.6) is 0 Å². The highest BCUT2D eigenvalue weighted by Gasteiger charge is 2.63. The van der Waals surface area contributed by atoms with Crippen LogP contribution in [-0.2, 0) is 14.3 Å². The van der Waals surface area contributed by atoms with E-state index >= 15 is 0 Å². The minimum absolute atomic E-state index is 0.0124. The Morgan fingerprint density at radius 2 is 2.06 bits per heavy atom. The predicted molar refractivity (Wildman–Crippen MR) is 58.6 cm³/mol. The second-order valence-corrected chi connectivity index (χ2v) is 5.67. The summed E-state index contributed by atoms with van der Waals surface area (Å²) in [6.07, 6.45) is 1.76. The largest absolute Gasteiger partial charge is 0.467 e. The van der Waals surface area contributed by atoms with Crippen molar-refractivity contribution in [1.29, 1.82) is 0 Å². The highest BCUT2D eigenvalue weighted by Crippen LogP contribution is 2.59. The molecule has 0 radical (unpaired) electrons. The van der Waals surface area contributed by atoms with Gasteiger partial charge in [0.15, 0.2) is 0 Å². The summed E-state index contributed by atoms with van der Waals surface area (Å²) in [5, 5.41) is 2.81. The van der Waals surface area contributed by atoms with Crippen LogP contribution >= 0.6 is 0 Å². The third kappa shape index (κ3) is 1.16. The third-order valence-corrected chi connectivity index (χ3v) is 4.95. The van der Waals surface area contributed by atoms with Crippen LogP contribution in [0.4, 0.5) is 0 Å². The molecule has 0 aromatic carbocycles. The molecule has 2 bridgehead atoms. The number of nitrogens with one attached hydrogen (secondary N) is 1. The SMILES string of the molecule is COC(=O)[C@H]1NC(=O)[C@]2(C)CC[C@@H]1C2(C)C. The van der Waals surface area contributed by atoms with Gasteiger partial charge in [0.1, 0.15) is 6.04 Å². The van der Waals surface area contributed by atoms with Crippen LogP contribution < -0.4 is 5.32 Å². The Balaban J connectivity index is 2.38. The Labute approximate surface area is 95.7 Å². The summed E-state index contributed by atoms with van der Waals surface area (Å²) in [7, 11) is 1.37. The first kappa shape index (κ1) is 11.4. The molecule has 90 valence electrons. The van der Waals surface area contributed by atoms with E-state index in [1.54, 1.807) is 0 Å². The van der Waals surface area contributed by atoms with E-state index in [-0.39, 0.29) is 28.6 Å². The molecule has 16 heavy (non-hydrogen) atoms. The lowest BCUT2D eigenvalue weighted by Crippen LogP contribution is -2.61. The fraction of sp³-hybridized carbons (Fsp3) is 0.833. The summed E-state index contributed by atoms with van der Waals surface area (Å²) in [4.78, 5) is 23.8. The molecular weight excluding hydrogens is 206 g/mol. The normalized spacial score (nSPS) is 40.4. The minimum atomic E-state index is -0.469. The zero-order valence-electron chi connectivity index (χ0n) is 10.3. The van der Waals surface area contributed by atoms with Crippen molar-refractivity contribution in [3.63, 3.8) is 0 Å². The standard InChI is InChI=1S/C12H19NO3/c1-11(2)7-5-6-12(11,3)10(15)13-8(7)9(14)16-4/h7-8H,5-6H2,1-4H3,(H,13,15)/t7-,8-,12-/m0/s1. The smallest absolute Gasteiger partial charge is 0.328 e. The molecule has 1 heterocycles. The Kier molecular flexibility index (Phi) is 2.30. The Morgan fingerprint density at radius 1 is 1.44 bits per heavy atom. The molecule has 1 aliphatic carbocycles. The van der Waals surface area contributed by atoms with Crippen molar-refractivity contribution in [2.75, 3.05) is 7.11 Å². The van der Waals surface area contributed by atoms with E-state index in [1.165, 1.54) is 7.11 Å². The van der Waals surface area contributed by atoms with E-state index in [2.05, 4.69) is 19.2 Å². The summed E-state index contributed by atoms with van der Waals surface area (Å²) >= 11 is 0. The minimum Gasteiger partial charge on any atom is -0.467 e. The molecule has 0 aromatic heterocycles. The Bertz CT molecular complexity index is 350. The molecule has 2 rings (SSSR count). The lowest BCUT2D eigenvalue weighted by atomic mass is 9.61. The first-order chi connectivity index (χ1) is 7.34. The van der Waals surface area contributed by atoms with Crippen LogP contribution in [0.3, 0.4) is 0 Å². The number of hydrogen-bond acceptors (Lipinski definition) is 3. The van der Waals surface area contributed by atoms with Crippen molar-refractivity contribution in [2.45, 2.75) is 39.7 Å². The number of piperidine rings is 1. The van der Waals surface area contributed by atoms with Crippen molar-refractivity contribution in [1.82, 2.24) is 5.32 Å². The van der Waals surface area contributed by atoms with Gasteiger partial charge in [-0.05, 0) is 24.2 Å². The van der Waals surface area contributed by atoms with E-state index in [4.69, 9.17) is 4.74 Å². The lowest BCUT2D eigenvalue weighted by Gasteiger charge is -2.47. The first-order valence-corrected chi connectivity index (χ1v) is 5.73. The van der Waals surface area contributed by atoms with Gasteiger partial charge in [-0.1, -0.05) is 20.8 Å². The van der Waals surface area contributed by atoms with E-state index < -0.39 is 6.04 Å². The van der Waals surface area contributed by atoms with Gasteiger partial charge in [-0.15, -0.1) is 0 Å². The number of ether oxygens (including phenoxy) is 1. The Hall–Kier alpha value is -1.06. The maximum atomic E-state index is 12.1. The molecule has 3 atom stereocenters. The van der Waals surface area contributed by atoms with Crippen molar-refractivity contribution < 1.29 is 14.3 Å². The highest BCUT2D eigenvalue weighted by molar-refractivity contribution is 5.91. The highest BCUT2D eigenvalue weighted by atomic mass is 16.5. The molecule has 1 amide bonds. The fourth-order valence-corrected chi connectivity index (χ4v) is 3.28. The molecule has 0 spiro atoms. The van der Waals surface area contributed by atoms with Gasteiger partial charge in [0, 0.05) is 0 Å². The van der Waals surface area contributed by atoms with E-state index in [0.29, 0.717) is 0 Å². The number of hydrogen-bond donors (Lipinski definition) is 1. The van der Waals surface area contributed by atoms with Gasteiger partial charge in [0.05, 0.1) is 12.5 Å². The molecule has 0 unspecified atom stereocenters. The van der Waals surface area contributed by atoms with Crippen molar-refractivity contribution in [3.05, 3.63) is 0 Å². The second kappa shape index (κ2) is 3.22. The summed E-state index contributed by atoms with van der Waals surface area (Å²) in [5.41, 5.74) is -0.490. The average molecular weight is 225 g/mol. The molecule has 1 saturated carbocycles. The molecule has 4 nitrogen and oxygen atoms in total. The van der Waals surface area contributed by atoms with Gasteiger partial charge in [0.2, 0.25) is 5.91 Å². The van der Waals surface area contributed by atoms with E-state index in [9.17, 15) is 9.59 Å². The molecule has 1 saturated heterocycles. The van der Waals surface area contributed by atoms with Crippen LogP contribution in [0, 0.1) is 16.7 Å². The quantitative estimate of drug-likeness (QED) is 0.680. The number of amides is 1. The Morgan fingerprint density at radius 3 is 2.62 bits per heavy atom. The van der Waals surface area contributed by atoms with Crippen LogP contribution in [0.1, 0.15) is 33.6 Å². The predicted octanol–water partition coefficient (Wildman–Crippen LogP) is 1.10. The third-order valence-electron chi connectivity index (χ3n) is 4.95. The molecule has 4 heteroatoms. The molecule has 1 N–H and O–H groups in total. The van der Waals surface area contributed by atoms with Gasteiger partial charge < -0.3 is 10.1 Å². The van der Waals surface area contributed by atoms with Crippen LogP contribution in [0.2, 0.25) is 0 Å². The summed E-state index contributed by atoms with van der Waals surface area (Å²) in [6, 6.07) is -0.469. The van der Waals surface area contributed by atoms with Crippen LogP contribution in [0.15, 0.2) is 0 Å². The molecule has 2 fully saturated rings. The number of esters is 1. The van der Waals surface area contributed by atoms with Crippen LogP contribution in [-0.4, -0.2) is 25.0 Å². The summed E-state index contributed by atoms with van der Waals surface area (Å²) in [6.45, 7) is 6.16. The monoisotopic (exact) mass is 225 g/mol. The maximum Gasteiger partial charge on any atom is 0.328 e. The number of methoxy groups -OCH3 is 1. The molecule has 1 aliphatic heterocycles. The number of fused-ring (bicyclic) bond motifs is 2. The molecular formula is C12H19NO3. The van der Waals surface area contributed by atoms with E-state index in [0.717, 1.165) is 12.8 Å². The summed E-state index contributed by atoms with van der Waals surface area (Å²) < 4.78 is 4.76. The lowest BCUT2D eigenvalue weighted by molar-refractivity contribution is -0.157. The average Bonchev–Trinajstić information content (AvgIpc) is 2.38. The first-order valence-electron chi connectivity index (χ1n) is 5.73. The zero-order chi connectivity index (χ0) is 12.1. The number of carbonyl (C=O) groups is 2. The van der Waals surface area contributed by atoms with Crippen molar-refractivity contribution in [3.8, 4) is 0 Å². The molecule has 2 aliphatic rings. The van der Waals surface area contributed by atoms with Crippen molar-refractivity contribution >= 4 is 11.9 Å². The van der Waals surface area contributed by atoms with Crippen LogP contribution in [0.25, 0.3) is 0 Å². The maximum absolute atomic E-state index is 12.1. The number of carbonyl (C=O) groups excluding carboxylic acids is 2. The van der Waals surface area contributed by atoms with E-state index in [1.807, 2.05) is 6.92 Å². The van der Waals surface area contributed by atoms with Gasteiger partial charge in [-0.25, -0.2) is 4.79 Å². The number of rotatable bonds is 1. The fourth-order valence-electron chi connectivity index (χ4n) is 3.28. The second-order valence-electron chi connectivity index (χ2n) is 5.67. The van der Waals surface area contributed by atoms with Gasteiger partial charge in [-0.2, -0.15) is 0 Å². The van der Waals surface area contributed by atoms with Gasteiger partial charge in [-0.3, -0.25) is 4.79 Å². The zero-order valence-corrected chi connectivity index (χ0v) is 10.3.